The number of terminal acetylenes is 1. The fraction of sp³-hybridized carbons (Fsp3) is 0.136. The number of anilines is 2. The topological polar surface area (TPSA) is 90.9 Å². The molecule has 7 nitrogen and oxygen atoms in total. The number of nitrogens with two attached hydrogens (primary N) is 1. The Hall–Kier alpha value is -3.60. The number of nitrogens with zero attached hydrogens (tertiary/aromatic N) is 4. The van der Waals surface area contributed by atoms with Gasteiger partial charge in [0.2, 0.25) is 5.95 Å². The molecular weight excluding hydrogens is 400 g/mol. The van der Waals surface area contributed by atoms with Crippen LogP contribution in [0.25, 0.3) is 22.0 Å². The minimum atomic E-state index is 0.415. The van der Waals surface area contributed by atoms with E-state index in [1.807, 2.05) is 37.5 Å². The van der Waals surface area contributed by atoms with Crippen LogP contribution < -0.4 is 15.8 Å². The predicted octanol–water partition coefficient (Wildman–Crippen LogP) is 3.75. The van der Waals surface area contributed by atoms with Crippen molar-refractivity contribution in [2.75, 3.05) is 18.5 Å². The van der Waals surface area contributed by atoms with Gasteiger partial charge in [0.05, 0.1) is 16.7 Å². The van der Waals surface area contributed by atoms with Crippen LogP contribution in [0.4, 0.5) is 11.6 Å². The third kappa shape index (κ3) is 4.06. The molecule has 4 aromatic rings. The third-order valence-corrected chi connectivity index (χ3v) is 4.85. The van der Waals surface area contributed by atoms with Crippen LogP contribution in [0.3, 0.4) is 0 Å². The summed E-state index contributed by atoms with van der Waals surface area (Å²) in [7, 11) is 1.87. The maximum Gasteiger partial charge on any atom is 0.227 e. The molecule has 0 bridgehead atoms. The average Bonchev–Trinajstić information content (AvgIpc) is 3.19. The van der Waals surface area contributed by atoms with Gasteiger partial charge in [-0.15, -0.1) is 6.42 Å². The van der Waals surface area contributed by atoms with Crippen molar-refractivity contribution < 1.29 is 4.74 Å². The lowest BCUT2D eigenvalue weighted by molar-refractivity contribution is 0.328. The predicted molar refractivity (Wildman–Crippen MR) is 119 cm³/mol. The summed E-state index contributed by atoms with van der Waals surface area (Å²) in [6, 6.07) is 9.39. The van der Waals surface area contributed by atoms with Gasteiger partial charge in [-0.3, -0.25) is 4.68 Å². The summed E-state index contributed by atoms with van der Waals surface area (Å²) in [4.78, 5) is 8.94. The van der Waals surface area contributed by atoms with Crippen molar-refractivity contribution in [2.45, 2.75) is 0 Å². The largest absolute Gasteiger partial charge is 0.492 e. The number of aromatic nitrogens is 4. The van der Waals surface area contributed by atoms with Gasteiger partial charge >= 0.3 is 0 Å². The molecule has 0 aliphatic rings. The van der Waals surface area contributed by atoms with Gasteiger partial charge in [-0.05, 0) is 29.8 Å². The number of halogens is 1. The van der Waals surface area contributed by atoms with Crippen molar-refractivity contribution in [1.82, 2.24) is 19.7 Å². The van der Waals surface area contributed by atoms with Crippen LogP contribution in [-0.2, 0) is 7.05 Å². The summed E-state index contributed by atoms with van der Waals surface area (Å²) < 4.78 is 7.49. The van der Waals surface area contributed by atoms with Gasteiger partial charge in [-0.2, -0.15) is 5.10 Å². The van der Waals surface area contributed by atoms with E-state index >= 15 is 0 Å². The van der Waals surface area contributed by atoms with Gasteiger partial charge in [-0.25, -0.2) is 9.97 Å². The minimum Gasteiger partial charge on any atom is -0.492 e. The first-order chi connectivity index (χ1) is 14.6. The zero-order chi connectivity index (χ0) is 21.1. The lowest BCUT2D eigenvalue weighted by atomic mass is 10.1. The van der Waals surface area contributed by atoms with Crippen LogP contribution in [0, 0.1) is 12.3 Å². The molecule has 0 fully saturated rings. The fourth-order valence-electron chi connectivity index (χ4n) is 3.04. The maximum atomic E-state index is 6.34. The van der Waals surface area contributed by atoms with E-state index in [1.165, 1.54) is 0 Å². The second-order valence-corrected chi connectivity index (χ2v) is 6.99. The maximum absolute atomic E-state index is 6.34. The van der Waals surface area contributed by atoms with Crippen LogP contribution in [0.2, 0.25) is 5.02 Å². The Morgan fingerprint density at radius 2 is 2.10 bits per heavy atom. The molecule has 0 radical (unpaired) electrons. The molecule has 0 saturated carbocycles. The summed E-state index contributed by atoms with van der Waals surface area (Å²) in [5, 5.41) is 8.65. The normalized spacial score (nSPS) is 10.7. The van der Waals surface area contributed by atoms with E-state index in [1.54, 1.807) is 23.1 Å². The highest BCUT2D eigenvalue weighted by molar-refractivity contribution is 6.36. The number of fused-ring (bicyclic) bond motifs is 1. The van der Waals surface area contributed by atoms with Crippen molar-refractivity contribution in [3.63, 3.8) is 0 Å². The smallest absolute Gasteiger partial charge is 0.227 e. The van der Waals surface area contributed by atoms with Crippen LogP contribution >= 0.6 is 11.6 Å². The molecule has 150 valence electrons. The fourth-order valence-corrected chi connectivity index (χ4v) is 3.30. The number of ether oxygens (including phenoxy) is 1. The molecule has 3 N–H and O–H groups in total. The van der Waals surface area contributed by atoms with E-state index in [4.69, 9.17) is 28.5 Å². The Labute approximate surface area is 178 Å². The van der Waals surface area contributed by atoms with Crippen molar-refractivity contribution in [3.8, 4) is 29.2 Å². The number of aryl methyl sites for hydroxylation is 1. The van der Waals surface area contributed by atoms with E-state index < -0.39 is 0 Å². The Morgan fingerprint density at radius 1 is 1.23 bits per heavy atom. The minimum absolute atomic E-state index is 0.415. The molecule has 2 heterocycles. The Bertz CT molecular complexity index is 1260. The molecule has 0 amide bonds. The lowest BCUT2D eigenvalue weighted by Gasteiger charge is -2.12. The van der Waals surface area contributed by atoms with E-state index in [9.17, 15) is 0 Å². The first-order valence-corrected chi connectivity index (χ1v) is 9.61. The Kier molecular flexibility index (Phi) is 5.53. The van der Waals surface area contributed by atoms with Crippen LogP contribution in [0.1, 0.15) is 5.56 Å². The van der Waals surface area contributed by atoms with E-state index in [0.717, 1.165) is 16.8 Å². The zero-order valence-corrected chi connectivity index (χ0v) is 17.0. The number of hydrogen-bond acceptors (Lipinski definition) is 6. The molecule has 8 heteroatoms. The summed E-state index contributed by atoms with van der Waals surface area (Å²) in [5.74, 6) is 3.67. The molecule has 0 aliphatic carbocycles. The molecular formula is C22H19ClN6O. The van der Waals surface area contributed by atoms with Crippen molar-refractivity contribution >= 4 is 34.1 Å². The first kappa shape index (κ1) is 19.7. The Morgan fingerprint density at radius 3 is 2.83 bits per heavy atom. The third-order valence-electron chi connectivity index (χ3n) is 4.44. The molecule has 0 atom stereocenters. The van der Waals surface area contributed by atoms with Crippen molar-refractivity contribution in [3.05, 3.63) is 59.5 Å². The molecule has 4 rings (SSSR count). The second-order valence-electron chi connectivity index (χ2n) is 6.61. The van der Waals surface area contributed by atoms with Crippen LogP contribution in [-0.4, -0.2) is 32.9 Å². The van der Waals surface area contributed by atoms with Gasteiger partial charge in [0.1, 0.15) is 12.4 Å². The van der Waals surface area contributed by atoms with E-state index in [0.29, 0.717) is 46.3 Å². The van der Waals surface area contributed by atoms with Crippen LogP contribution in [0.5, 0.6) is 5.75 Å². The summed E-state index contributed by atoms with van der Waals surface area (Å²) >= 11 is 6.34. The van der Waals surface area contributed by atoms with Crippen molar-refractivity contribution in [1.29, 1.82) is 0 Å². The van der Waals surface area contributed by atoms with E-state index in [-0.39, 0.29) is 0 Å². The van der Waals surface area contributed by atoms with Gasteiger partial charge in [-0.1, -0.05) is 17.5 Å². The number of benzene rings is 2. The molecule has 2 aromatic carbocycles. The van der Waals surface area contributed by atoms with Gasteiger partial charge in [0, 0.05) is 54.3 Å². The van der Waals surface area contributed by atoms with Gasteiger partial charge in [0.25, 0.3) is 0 Å². The molecule has 30 heavy (non-hydrogen) atoms. The summed E-state index contributed by atoms with van der Waals surface area (Å²) in [6.07, 6.45) is 10.9. The summed E-state index contributed by atoms with van der Waals surface area (Å²) in [6.45, 7) is 0.840. The molecule has 2 aromatic heterocycles. The molecule has 0 saturated heterocycles. The van der Waals surface area contributed by atoms with Gasteiger partial charge < -0.3 is 15.8 Å². The number of hydrogen-bond donors (Lipinski definition) is 2. The molecule has 0 unspecified atom stereocenters. The Balaban J connectivity index is 1.70. The number of rotatable bonds is 6. The number of nitrogens with one attached hydrogen (secondary N) is 1. The highest BCUT2D eigenvalue weighted by Crippen LogP contribution is 2.31. The highest BCUT2D eigenvalue weighted by Gasteiger charge is 2.10. The van der Waals surface area contributed by atoms with E-state index in [2.05, 4.69) is 26.3 Å². The first-order valence-electron chi connectivity index (χ1n) is 9.23. The standard InChI is InChI=1S/C22H19ClN6O/c1-3-14-4-5-20-19(21(14)23)12-25-22(28-20)27-17-8-15(16-11-26-29(2)13-16)9-18(10-17)30-7-6-24/h1,4-5,8-13H,6-7,24H2,2H3,(H,25,27,28). The zero-order valence-electron chi connectivity index (χ0n) is 16.3. The molecule has 0 aliphatic heterocycles. The molecule has 0 spiro atoms. The van der Waals surface area contributed by atoms with Gasteiger partial charge in [0.15, 0.2) is 0 Å². The lowest BCUT2D eigenvalue weighted by Crippen LogP contribution is -2.10. The highest BCUT2D eigenvalue weighted by atomic mass is 35.5. The van der Waals surface area contributed by atoms with Crippen molar-refractivity contribution in [2.24, 2.45) is 12.8 Å². The average molecular weight is 419 g/mol. The summed E-state index contributed by atoms with van der Waals surface area (Å²) in [5.41, 5.74) is 9.57. The quantitative estimate of drug-likeness (QED) is 0.463. The SMILES string of the molecule is C#Cc1ccc2nc(Nc3cc(OCCN)cc(-c4cnn(C)c4)c3)ncc2c1Cl. The monoisotopic (exact) mass is 418 g/mol. The second kappa shape index (κ2) is 8.41. The van der Waals surface area contributed by atoms with Crippen LogP contribution in [0.15, 0.2) is 48.9 Å².